The van der Waals surface area contributed by atoms with Gasteiger partial charge in [0, 0.05) is 61.3 Å². The number of ether oxygens (including phenoxy) is 1. The van der Waals surface area contributed by atoms with Crippen molar-refractivity contribution >= 4 is 17.5 Å². The molecule has 7 nitrogen and oxygen atoms in total. The van der Waals surface area contributed by atoms with Crippen molar-refractivity contribution in [2.24, 2.45) is 23.2 Å². The first kappa shape index (κ1) is 28.9. The lowest BCUT2D eigenvalue weighted by molar-refractivity contribution is -0.0503. The molecule has 5 aliphatic rings. The minimum absolute atomic E-state index is 0.0438. The van der Waals surface area contributed by atoms with Crippen LogP contribution in [-0.2, 0) is 0 Å². The highest BCUT2D eigenvalue weighted by Crippen LogP contribution is 2.59. The van der Waals surface area contributed by atoms with E-state index in [1.807, 2.05) is 61.3 Å². The standard InChI is InChI=1S/C37H44N4O3/c1-3-44-33-18-31(22-38-23-33)34-9-6-30(14-25(34)2)36(43)41-12-10-40(11-13-41)32-7-4-29(5-8-32)35(42)39-24-37-19-26-15-27(20-37)17-28(16-26)21-37/h4-9,14,18,22-23,26-28H,3,10-13,15-17,19-21,24H2,1-2H3,(H,39,42). The SMILES string of the molecule is CCOc1cncc(-c2ccc(C(=O)N3CCN(c4ccc(C(=O)NCC56CC7CC(CC(C7)C5)C6)cc4)CC3)cc2C)c1. The van der Waals surface area contributed by atoms with Gasteiger partial charge in [-0.3, -0.25) is 14.6 Å². The van der Waals surface area contributed by atoms with Crippen LogP contribution < -0.4 is 15.0 Å². The zero-order valence-electron chi connectivity index (χ0n) is 26.1. The van der Waals surface area contributed by atoms with Gasteiger partial charge in [0.25, 0.3) is 11.8 Å². The van der Waals surface area contributed by atoms with Gasteiger partial charge >= 0.3 is 0 Å². The van der Waals surface area contributed by atoms with Crippen LogP contribution >= 0.6 is 0 Å². The van der Waals surface area contributed by atoms with E-state index in [-0.39, 0.29) is 11.8 Å². The average molecular weight is 593 g/mol. The highest BCUT2D eigenvalue weighted by atomic mass is 16.5. The van der Waals surface area contributed by atoms with E-state index in [1.54, 1.807) is 6.20 Å². The number of pyridine rings is 1. The summed E-state index contributed by atoms with van der Waals surface area (Å²) in [5.74, 6) is 3.53. The topological polar surface area (TPSA) is 74.8 Å². The molecule has 3 aromatic rings. The first-order valence-electron chi connectivity index (χ1n) is 16.5. The Labute approximate surface area is 261 Å². The van der Waals surface area contributed by atoms with Gasteiger partial charge in [0.1, 0.15) is 5.75 Å². The maximum absolute atomic E-state index is 13.4. The smallest absolute Gasteiger partial charge is 0.253 e. The predicted octanol–water partition coefficient (Wildman–Crippen LogP) is 6.36. The lowest BCUT2D eigenvalue weighted by atomic mass is 9.49. The number of benzene rings is 2. The Bertz CT molecular complexity index is 1490. The monoisotopic (exact) mass is 592 g/mol. The summed E-state index contributed by atoms with van der Waals surface area (Å²) in [5.41, 5.74) is 5.93. The molecule has 2 amide bonds. The van der Waals surface area contributed by atoms with E-state index in [9.17, 15) is 9.59 Å². The molecule has 2 aromatic carbocycles. The van der Waals surface area contributed by atoms with E-state index < -0.39 is 0 Å². The molecule has 0 unspecified atom stereocenters. The van der Waals surface area contributed by atoms with E-state index in [4.69, 9.17) is 4.74 Å². The predicted molar refractivity (Wildman–Crippen MR) is 173 cm³/mol. The molecule has 1 aliphatic heterocycles. The third kappa shape index (κ3) is 5.81. The second kappa shape index (κ2) is 11.9. The normalized spacial score (nSPS) is 25.6. The summed E-state index contributed by atoms with van der Waals surface area (Å²) in [6, 6.07) is 15.9. The number of aromatic nitrogens is 1. The fraction of sp³-hybridized carbons (Fsp3) is 0.486. The molecule has 4 saturated carbocycles. The maximum Gasteiger partial charge on any atom is 0.253 e. The Morgan fingerprint density at radius 2 is 1.55 bits per heavy atom. The summed E-state index contributed by atoms with van der Waals surface area (Å²) >= 11 is 0. The maximum atomic E-state index is 13.4. The van der Waals surface area contributed by atoms with Crippen LogP contribution in [0, 0.1) is 30.1 Å². The second-order valence-corrected chi connectivity index (χ2v) is 13.8. The number of hydrogen-bond donors (Lipinski definition) is 1. The lowest BCUT2D eigenvalue weighted by Crippen LogP contribution is -2.51. The van der Waals surface area contributed by atoms with Gasteiger partial charge in [-0.25, -0.2) is 0 Å². The van der Waals surface area contributed by atoms with Crippen LogP contribution in [-0.4, -0.2) is 61.0 Å². The van der Waals surface area contributed by atoms with Crippen molar-refractivity contribution in [1.82, 2.24) is 15.2 Å². The van der Waals surface area contributed by atoms with Crippen molar-refractivity contribution in [3.8, 4) is 16.9 Å². The molecular weight excluding hydrogens is 548 g/mol. The molecule has 1 N–H and O–H groups in total. The number of hydrogen-bond acceptors (Lipinski definition) is 5. The van der Waals surface area contributed by atoms with Crippen LogP contribution in [0.2, 0.25) is 0 Å². The van der Waals surface area contributed by atoms with Crippen molar-refractivity contribution in [1.29, 1.82) is 0 Å². The Balaban J connectivity index is 0.922. The largest absolute Gasteiger partial charge is 0.492 e. The van der Waals surface area contributed by atoms with Crippen molar-refractivity contribution in [3.63, 3.8) is 0 Å². The Kier molecular flexibility index (Phi) is 7.81. The molecule has 4 aliphatic carbocycles. The number of nitrogens with zero attached hydrogens (tertiary/aromatic N) is 3. The van der Waals surface area contributed by atoms with E-state index in [2.05, 4.69) is 27.3 Å². The lowest BCUT2D eigenvalue weighted by Gasteiger charge is -2.56. The van der Waals surface area contributed by atoms with Gasteiger partial charge in [-0.05, 0) is 129 Å². The summed E-state index contributed by atoms with van der Waals surface area (Å²) < 4.78 is 5.61. The van der Waals surface area contributed by atoms with E-state index in [0.717, 1.165) is 71.1 Å². The number of nitrogens with one attached hydrogen (secondary N) is 1. The minimum atomic E-state index is 0.0438. The zero-order valence-corrected chi connectivity index (χ0v) is 26.1. The molecule has 0 spiro atoms. The number of aryl methyl sites for hydroxylation is 1. The van der Waals surface area contributed by atoms with Crippen LogP contribution in [0.5, 0.6) is 5.75 Å². The summed E-state index contributed by atoms with van der Waals surface area (Å²) in [4.78, 5) is 35.0. The molecule has 7 heteroatoms. The van der Waals surface area contributed by atoms with Crippen LogP contribution in [0.1, 0.15) is 71.7 Å². The molecule has 8 rings (SSSR count). The third-order valence-corrected chi connectivity index (χ3v) is 10.7. The summed E-state index contributed by atoms with van der Waals surface area (Å²) in [6.45, 7) is 8.25. The number of piperazine rings is 1. The van der Waals surface area contributed by atoms with Crippen molar-refractivity contribution in [2.45, 2.75) is 52.4 Å². The van der Waals surface area contributed by atoms with E-state index >= 15 is 0 Å². The fourth-order valence-electron chi connectivity index (χ4n) is 8.98. The summed E-state index contributed by atoms with van der Waals surface area (Å²) in [7, 11) is 0. The summed E-state index contributed by atoms with van der Waals surface area (Å²) in [6.07, 6.45) is 11.7. The molecule has 0 radical (unpaired) electrons. The van der Waals surface area contributed by atoms with Crippen molar-refractivity contribution < 1.29 is 14.3 Å². The molecule has 230 valence electrons. The van der Waals surface area contributed by atoms with Gasteiger partial charge in [0.15, 0.2) is 0 Å². The van der Waals surface area contributed by atoms with Gasteiger partial charge in [0.05, 0.1) is 12.8 Å². The van der Waals surface area contributed by atoms with Gasteiger partial charge in [-0.15, -0.1) is 0 Å². The molecule has 4 bridgehead atoms. The molecule has 1 aromatic heterocycles. The fourth-order valence-corrected chi connectivity index (χ4v) is 8.98. The van der Waals surface area contributed by atoms with Crippen LogP contribution in [0.3, 0.4) is 0 Å². The second-order valence-electron chi connectivity index (χ2n) is 13.8. The van der Waals surface area contributed by atoms with Crippen molar-refractivity contribution in [3.05, 3.63) is 77.6 Å². The number of carbonyl (C=O) groups is 2. The van der Waals surface area contributed by atoms with Gasteiger partial charge in [-0.2, -0.15) is 0 Å². The van der Waals surface area contributed by atoms with Gasteiger partial charge < -0.3 is 19.9 Å². The molecule has 0 atom stereocenters. The highest BCUT2D eigenvalue weighted by molar-refractivity contribution is 5.96. The highest BCUT2D eigenvalue weighted by Gasteiger charge is 2.50. The number of rotatable bonds is 8. The number of carbonyl (C=O) groups excluding carboxylic acids is 2. The Hall–Kier alpha value is -3.87. The zero-order chi connectivity index (χ0) is 30.3. The molecule has 5 fully saturated rings. The Morgan fingerprint density at radius 3 is 2.18 bits per heavy atom. The first-order chi connectivity index (χ1) is 21.4. The van der Waals surface area contributed by atoms with E-state index in [0.29, 0.717) is 30.7 Å². The van der Waals surface area contributed by atoms with Gasteiger partial charge in [0.2, 0.25) is 0 Å². The molecular formula is C37H44N4O3. The molecule has 44 heavy (non-hydrogen) atoms. The molecule has 1 saturated heterocycles. The average Bonchev–Trinajstić information content (AvgIpc) is 3.03. The summed E-state index contributed by atoms with van der Waals surface area (Å²) in [5, 5.41) is 3.31. The van der Waals surface area contributed by atoms with Crippen LogP contribution in [0.4, 0.5) is 5.69 Å². The minimum Gasteiger partial charge on any atom is -0.492 e. The van der Waals surface area contributed by atoms with E-state index in [1.165, 1.54) is 38.5 Å². The number of anilines is 1. The quantitative estimate of drug-likeness (QED) is 0.329. The van der Waals surface area contributed by atoms with Crippen LogP contribution in [0.15, 0.2) is 60.9 Å². The number of amides is 2. The molecule has 2 heterocycles. The van der Waals surface area contributed by atoms with Crippen molar-refractivity contribution in [2.75, 3.05) is 44.2 Å². The third-order valence-electron chi connectivity index (χ3n) is 10.7. The first-order valence-corrected chi connectivity index (χ1v) is 16.5. The van der Waals surface area contributed by atoms with Crippen LogP contribution in [0.25, 0.3) is 11.1 Å². The Morgan fingerprint density at radius 1 is 0.886 bits per heavy atom. The van der Waals surface area contributed by atoms with Gasteiger partial charge in [-0.1, -0.05) is 6.07 Å².